The van der Waals surface area contributed by atoms with Crippen LogP contribution in [0.2, 0.25) is 0 Å². The number of ether oxygens (including phenoxy) is 1. The van der Waals surface area contributed by atoms with E-state index in [1.54, 1.807) is 6.92 Å². The number of carbonyl (C=O) groups excluding carboxylic acids is 2. The van der Waals surface area contributed by atoms with Gasteiger partial charge in [-0.05, 0) is 12.5 Å². The summed E-state index contributed by atoms with van der Waals surface area (Å²) in [5, 5.41) is 2.62. The third-order valence-electron chi connectivity index (χ3n) is 1.66. The molecule has 0 fully saturated rings. The highest BCUT2D eigenvalue weighted by Gasteiger charge is 1.96. The molecule has 86 valence electrons. The van der Waals surface area contributed by atoms with Gasteiger partial charge in [-0.3, -0.25) is 9.59 Å². The summed E-state index contributed by atoms with van der Waals surface area (Å²) in [6.07, 6.45) is 3.94. The van der Waals surface area contributed by atoms with Crippen LogP contribution in [0.4, 0.5) is 0 Å². The van der Waals surface area contributed by atoms with Crippen LogP contribution in [0.15, 0.2) is 12.2 Å². The number of hydrogen-bond acceptors (Lipinski definition) is 3. The molecule has 0 saturated carbocycles. The smallest absolute Gasteiger partial charge is 0.244 e. The summed E-state index contributed by atoms with van der Waals surface area (Å²) in [6.45, 7) is 5.47. The summed E-state index contributed by atoms with van der Waals surface area (Å²) in [5.74, 6) is -0.302. The Balaban J connectivity index is 3.49. The van der Waals surface area contributed by atoms with Crippen molar-refractivity contribution in [2.45, 2.75) is 26.7 Å². The summed E-state index contributed by atoms with van der Waals surface area (Å²) in [5.41, 5.74) is 0. The molecule has 4 nitrogen and oxygen atoms in total. The molecule has 0 aromatic carbocycles. The second kappa shape index (κ2) is 9.40. The number of rotatable bonds is 8. The molecule has 0 aliphatic heterocycles. The Bertz CT molecular complexity index is 224. The Morgan fingerprint density at radius 3 is 2.53 bits per heavy atom. The van der Waals surface area contributed by atoms with Crippen molar-refractivity contribution in [2.75, 3.05) is 19.8 Å². The Kier molecular flexibility index (Phi) is 8.67. The lowest BCUT2D eigenvalue weighted by atomic mass is 10.3. The van der Waals surface area contributed by atoms with Crippen molar-refractivity contribution in [3.8, 4) is 0 Å². The fourth-order valence-electron chi connectivity index (χ4n) is 0.838. The van der Waals surface area contributed by atoms with Crippen LogP contribution in [0.3, 0.4) is 0 Å². The van der Waals surface area contributed by atoms with Crippen molar-refractivity contribution in [1.29, 1.82) is 0 Å². The zero-order valence-corrected chi connectivity index (χ0v) is 9.41. The number of amides is 1. The Morgan fingerprint density at radius 2 is 1.93 bits per heavy atom. The van der Waals surface area contributed by atoms with Gasteiger partial charge in [0.1, 0.15) is 0 Å². The fourth-order valence-corrected chi connectivity index (χ4v) is 0.838. The second-order valence-corrected chi connectivity index (χ2v) is 3.06. The van der Waals surface area contributed by atoms with Crippen LogP contribution in [0, 0.1) is 0 Å². The van der Waals surface area contributed by atoms with Gasteiger partial charge in [0.15, 0.2) is 5.78 Å². The topological polar surface area (TPSA) is 55.4 Å². The number of carbonyl (C=O) groups is 2. The average molecular weight is 213 g/mol. The van der Waals surface area contributed by atoms with Crippen LogP contribution in [0.1, 0.15) is 26.7 Å². The van der Waals surface area contributed by atoms with Crippen molar-refractivity contribution < 1.29 is 14.3 Å². The zero-order chi connectivity index (χ0) is 11.5. The molecule has 0 aromatic rings. The van der Waals surface area contributed by atoms with E-state index in [2.05, 4.69) is 5.32 Å². The van der Waals surface area contributed by atoms with Crippen molar-refractivity contribution in [1.82, 2.24) is 5.32 Å². The Hall–Kier alpha value is -1.16. The first-order valence-corrected chi connectivity index (χ1v) is 5.27. The van der Waals surface area contributed by atoms with Gasteiger partial charge in [0.2, 0.25) is 5.91 Å². The lowest BCUT2D eigenvalue weighted by Crippen LogP contribution is -2.25. The normalized spacial score (nSPS) is 10.5. The Labute approximate surface area is 90.7 Å². The molecule has 15 heavy (non-hydrogen) atoms. The van der Waals surface area contributed by atoms with E-state index in [0.717, 1.165) is 6.42 Å². The summed E-state index contributed by atoms with van der Waals surface area (Å²) < 4.78 is 5.17. The number of ketones is 1. The van der Waals surface area contributed by atoms with Gasteiger partial charge in [0, 0.05) is 25.6 Å². The van der Waals surface area contributed by atoms with E-state index >= 15 is 0 Å². The molecule has 0 bridgehead atoms. The van der Waals surface area contributed by atoms with Crippen LogP contribution in [-0.4, -0.2) is 31.4 Å². The second-order valence-electron chi connectivity index (χ2n) is 3.06. The molecule has 4 heteroatoms. The first-order valence-electron chi connectivity index (χ1n) is 5.27. The van der Waals surface area contributed by atoms with E-state index in [0.29, 0.717) is 26.2 Å². The standard InChI is InChI=1S/C11H19NO3/c1-3-8-15-9-7-12-11(14)6-5-10(13)4-2/h5-6H,3-4,7-9H2,1-2H3,(H,12,14)/b6-5-. The molecule has 0 rings (SSSR count). The van der Waals surface area contributed by atoms with Crippen molar-refractivity contribution in [3.05, 3.63) is 12.2 Å². The molecule has 0 heterocycles. The molecule has 0 aromatic heterocycles. The van der Waals surface area contributed by atoms with E-state index in [-0.39, 0.29) is 11.7 Å². The lowest BCUT2D eigenvalue weighted by Gasteiger charge is -2.02. The number of hydrogen-bond donors (Lipinski definition) is 1. The largest absolute Gasteiger partial charge is 0.380 e. The third kappa shape index (κ3) is 9.15. The van der Waals surface area contributed by atoms with E-state index < -0.39 is 0 Å². The first kappa shape index (κ1) is 13.8. The van der Waals surface area contributed by atoms with Crippen LogP contribution < -0.4 is 5.32 Å². The highest BCUT2D eigenvalue weighted by atomic mass is 16.5. The molecule has 0 aliphatic rings. The van der Waals surface area contributed by atoms with Crippen LogP contribution in [-0.2, 0) is 14.3 Å². The highest BCUT2D eigenvalue weighted by molar-refractivity contribution is 5.97. The molecule has 0 unspecified atom stereocenters. The lowest BCUT2D eigenvalue weighted by molar-refractivity contribution is -0.118. The zero-order valence-electron chi connectivity index (χ0n) is 9.41. The van der Waals surface area contributed by atoms with Crippen LogP contribution in [0.25, 0.3) is 0 Å². The van der Waals surface area contributed by atoms with Gasteiger partial charge >= 0.3 is 0 Å². The summed E-state index contributed by atoms with van der Waals surface area (Å²) in [6, 6.07) is 0. The molecule has 1 amide bonds. The van der Waals surface area contributed by atoms with Gasteiger partial charge in [-0.25, -0.2) is 0 Å². The molecule has 1 N–H and O–H groups in total. The molecular weight excluding hydrogens is 194 g/mol. The SMILES string of the molecule is CCCOCCNC(=O)/C=C\C(=O)CC. The van der Waals surface area contributed by atoms with Crippen LogP contribution in [0.5, 0.6) is 0 Å². The van der Waals surface area contributed by atoms with E-state index in [1.807, 2.05) is 6.92 Å². The van der Waals surface area contributed by atoms with Gasteiger partial charge in [-0.1, -0.05) is 13.8 Å². The minimum atomic E-state index is -0.253. The first-order chi connectivity index (χ1) is 7.20. The van der Waals surface area contributed by atoms with Gasteiger partial charge in [-0.2, -0.15) is 0 Å². The predicted octanol–water partition coefficient (Wildman–Crippen LogP) is 1.06. The van der Waals surface area contributed by atoms with E-state index in [4.69, 9.17) is 4.74 Å². The Morgan fingerprint density at radius 1 is 1.20 bits per heavy atom. The summed E-state index contributed by atoms with van der Waals surface area (Å²) in [7, 11) is 0. The van der Waals surface area contributed by atoms with Crippen molar-refractivity contribution >= 4 is 11.7 Å². The maximum absolute atomic E-state index is 11.1. The molecule has 0 spiro atoms. The predicted molar refractivity (Wildman–Crippen MR) is 58.6 cm³/mol. The minimum absolute atomic E-state index is 0.0487. The molecular formula is C11H19NO3. The molecule has 0 radical (unpaired) electrons. The van der Waals surface area contributed by atoms with E-state index in [1.165, 1.54) is 12.2 Å². The monoisotopic (exact) mass is 213 g/mol. The van der Waals surface area contributed by atoms with Crippen molar-refractivity contribution in [3.63, 3.8) is 0 Å². The highest BCUT2D eigenvalue weighted by Crippen LogP contribution is 1.83. The minimum Gasteiger partial charge on any atom is -0.380 e. The quantitative estimate of drug-likeness (QED) is 0.484. The van der Waals surface area contributed by atoms with E-state index in [9.17, 15) is 9.59 Å². The maximum atomic E-state index is 11.1. The van der Waals surface area contributed by atoms with Crippen molar-refractivity contribution in [2.24, 2.45) is 0 Å². The summed E-state index contributed by atoms with van der Waals surface area (Å²) >= 11 is 0. The fraction of sp³-hybridized carbons (Fsp3) is 0.636. The van der Waals surface area contributed by atoms with Crippen LogP contribution >= 0.6 is 0 Å². The third-order valence-corrected chi connectivity index (χ3v) is 1.66. The van der Waals surface area contributed by atoms with Gasteiger partial charge in [0.05, 0.1) is 6.61 Å². The molecule has 0 saturated heterocycles. The molecule has 0 aliphatic carbocycles. The number of nitrogens with one attached hydrogen (secondary N) is 1. The maximum Gasteiger partial charge on any atom is 0.244 e. The van der Waals surface area contributed by atoms with Gasteiger partial charge in [-0.15, -0.1) is 0 Å². The molecule has 0 atom stereocenters. The van der Waals surface area contributed by atoms with Gasteiger partial charge in [0.25, 0.3) is 0 Å². The average Bonchev–Trinajstić information content (AvgIpc) is 2.25. The number of allylic oxidation sites excluding steroid dienone is 1. The van der Waals surface area contributed by atoms with Gasteiger partial charge < -0.3 is 10.1 Å². The summed E-state index contributed by atoms with van der Waals surface area (Å²) in [4.78, 5) is 21.9.